The second-order valence-electron chi connectivity index (χ2n) is 4.89. The van der Waals surface area contributed by atoms with Gasteiger partial charge in [0, 0.05) is 27.7 Å². The van der Waals surface area contributed by atoms with Crippen LogP contribution in [0.2, 0.25) is 0 Å². The molecule has 7 heteroatoms. The highest BCUT2D eigenvalue weighted by atomic mass is 79.9. The first-order valence-corrected chi connectivity index (χ1v) is 8.05. The predicted octanol–water partition coefficient (Wildman–Crippen LogP) is 2.87. The lowest BCUT2D eigenvalue weighted by molar-refractivity contribution is -0.115. The molecule has 0 aliphatic rings. The number of carbonyl (C=O) groups excluding carboxylic acids is 3. The Bertz CT molecular complexity index is 743. The molecular formula is C17H16BrN3O3. The highest BCUT2D eigenvalue weighted by molar-refractivity contribution is 9.10. The number of hydrazine groups is 1. The lowest BCUT2D eigenvalue weighted by atomic mass is 10.2. The Morgan fingerprint density at radius 3 is 1.75 bits per heavy atom. The fourth-order valence-electron chi connectivity index (χ4n) is 1.81. The van der Waals surface area contributed by atoms with Crippen molar-refractivity contribution in [3.63, 3.8) is 0 Å². The summed E-state index contributed by atoms with van der Waals surface area (Å²) in [4.78, 5) is 35.2. The van der Waals surface area contributed by atoms with Crippen molar-refractivity contribution < 1.29 is 14.4 Å². The molecule has 0 unspecified atom stereocenters. The van der Waals surface area contributed by atoms with Gasteiger partial charge in [0.1, 0.15) is 0 Å². The number of carbonyl (C=O) groups is 3. The monoisotopic (exact) mass is 389 g/mol. The Morgan fingerprint density at radius 2 is 1.29 bits per heavy atom. The third-order valence-electron chi connectivity index (χ3n) is 3.15. The summed E-state index contributed by atoms with van der Waals surface area (Å²) in [5.41, 5.74) is 6.09. The first kappa shape index (κ1) is 17.7. The van der Waals surface area contributed by atoms with Gasteiger partial charge < -0.3 is 5.32 Å². The Labute approximate surface area is 147 Å². The zero-order valence-electron chi connectivity index (χ0n) is 12.9. The van der Waals surface area contributed by atoms with Crippen LogP contribution in [0.15, 0.2) is 53.0 Å². The van der Waals surface area contributed by atoms with E-state index in [2.05, 4.69) is 32.1 Å². The second-order valence-corrected chi connectivity index (χ2v) is 5.81. The average molecular weight is 390 g/mol. The number of amides is 3. The summed E-state index contributed by atoms with van der Waals surface area (Å²) in [6, 6.07) is 13.1. The van der Waals surface area contributed by atoms with Crippen LogP contribution in [0.1, 0.15) is 34.1 Å². The number of rotatable bonds is 4. The topological polar surface area (TPSA) is 87.3 Å². The zero-order valence-corrected chi connectivity index (χ0v) is 14.5. The van der Waals surface area contributed by atoms with Crippen LogP contribution in [0, 0.1) is 0 Å². The van der Waals surface area contributed by atoms with E-state index in [1.165, 1.54) is 0 Å². The van der Waals surface area contributed by atoms with E-state index < -0.39 is 11.8 Å². The Hall–Kier alpha value is -2.67. The van der Waals surface area contributed by atoms with E-state index >= 15 is 0 Å². The van der Waals surface area contributed by atoms with E-state index in [1.807, 2.05) is 0 Å². The number of halogens is 1. The van der Waals surface area contributed by atoms with E-state index in [0.29, 0.717) is 23.2 Å². The maximum absolute atomic E-state index is 12.0. The number of hydrogen-bond acceptors (Lipinski definition) is 3. The summed E-state index contributed by atoms with van der Waals surface area (Å²) in [6.45, 7) is 1.76. The summed E-state index contributed by atoms with van der Waals surface area (Å²) in [5.74, 6) is -0.967. The van der Waals surface area contributed by atoms with E-state index in [4.69, 9.17) is 0 Å². The van der Waals surface area contributed by atoms with Crippen molar-refractivity contribution in [2.24, 2.45) is 0 Å². The van der Waals surface area contributed by atoms with Gasteiger partial charge in [-0.05, 0) is 48.5 Å². The maximum Gasteiger partial charge on any atom is 0.269 e. The normalized spacial score (nSPS) is 9.92. The molecule has 0 saturated heterocycles. The smallest absolute Gasteiger partial charge is 0.269 e. The zero-order chi connectivity index (χ0) is 17.5. The molecule has 0 atom stereocenters. The number of anilines is 1. The van der Waals surface area contributed by atoms with Crippen LogP contribution in [0.3, 0.4) is 0 Å². The highest BCUT2D eigenvalue weighted by Gasteiger charge is 2.09. The molecule has 0 bridgehead atoms. The molecule has 2 rings (SSSR count). The van der Waals surface area contributed by atoms with Gasteiger partial charge in [0.25, 0.3) is 11.8 Å². The van der Waals surface area contributed by atoms with Gasteiger partial charge in [0.05, 0.1) is 0 Å². The summed E-state index contributed by atoms with van der Waals surface area (Å²) < 4.78 is 0.860. The van der Waals surface area contributed by atoms with Crippen molar-refractivity contribution in [1.29, 1.82) is 0 Å². The molecule has 3 N–H and O–H groups in total. The summed E-state index contributed by atoms with van der Waals surface area (Å²) in [6.07, 6.45) is 0.379. The molecule has 0 aliphatic heterocycles. The van der Waals surface area contributed by atoms with Crippen molar-refractivity contribution in [1.82, 2.24) is 10.9 Å². The maximum atomic E-state index is 12.0. The van der Waals surface area contributed by atoms with Crippen molar-refractivity contribution in [3.8, 4) is 0 Å². The third kappa shape index (κ3) is 4.92. The Balaban J connectivity index is 1.91. The molecule has 24 heavy (non-hydrogen) atoms. The minimum atomic E-state index is -0.450. The fourth-order valence-corrected chi connectivity index (χ4v) is 2.08. The quantitative estimate of drug-likeness (QED) is 0.702. The van der Waals surface area contributed by atoms with Crippen LogP contribution in [0.5, 0.6) is 0 Å². The number of benzene rings is 2. The Morgan fingerprint density at radius 1 is 0.833 bits per heavy atom. The summed E-state index contributed by atoms with van der Waals surface area (Å²) in [7, 11) is 0. The van der Waals surface area contributed by atoms with Crippen LogP contribution in [-0.4, -0.2) is 17.7 Å². The molecular weight excluding hydrogens is 374 g/mol. The van der Waals surface area contributed by atoms with E-state index in [0.717, 1.165) is 4.47 Å². The average Bonchev–Trinajstić information content (AvgIpc) is 2.60. The van der Waals surface area contributed by atoms with Gasteiger partial charge in [0.2, 0.25) is 5.91 Å². The van der Waals surface area contributed by atoms with Gasteiger partial charge in [-0.1, -0.05) is 22.9 Å². The van der Waals surface area contributed by atoms with Gasteiger partial charge >= 0.3 is 0 Å². The Kier molecular flexibility index (Phi) is 6.08. The molecule has 0 fully saturated rings. The second kappa shape index (κ2) is 8.26. The van der Waals surface area contributed by atoms with Crippen LogP contribution < -0.4 is 16.2 Å². The van der Waals surface area contributed by atoms with Gasteiger partial charge in [-0.3, -0.25) is 25.2 Å². The van der Waals surface area contributed by atoms with E-state index in [-0.39, 0.29) is 5.91 Å². The first-order chi connectivity index (χ1) is 11.5. The molecule has 3 amide bonds. The molecule has 0 heterocycles. The molecule has 0 radical (unpaired) electrons. The van der Waals surface area contributed by atoms with Crippen molar-refractivity contribution in [2.45, 2.75) is 13.3 Å². The molecule has 0 spiro atoms. The fraction of sp³-hybridized carbons (Fsp3) is 0.118. The number of hydrogen-bond donors (Lipinski definition) is 3. The third-order valence-corrected chi connectivity index (χ3v) is 3.68. The van der Waals surface area contributed by atoms with Crippen molar-refractivity contribution in [3.05, 3.63) is 64.1 Å². The lowest BCUT2D eigenvalue weighted by Crippen LogP contribution is -2.41. The van der Waals surface area contributed by atoms with Crippen LogP contribution in [-0.2, 0) is 4.79 Å². The summed E-state index contributed by atoms with van der Waals surface area (Å²) >= 11 is 3.28. The summed E-state index contributed by atoms with van der Waals surface area (Å²) in [5, 5.41) is 2.69. The minimum Gasteiger partial charge on any atom is -0.326 e. The molecule has 6 nitrogen and oxygen atoms in total. The molecule has 0 saturated carbocycles. The van der Waals surface area contributed by atoms with Gasteiger partial charge in [-0.2, -0.15) is 0 Å². The largest absolute Gasteiger partial charge is 0.326 e. The van der Waals surface area contributed by atoms with Crippen molar-refractivity contribution in [2.75, 3.05) is 5.32 Å². The van der Waals surface area contributed by atoms with Gasteiger partial charge in [-0.15, -0.1) is 0 Å². The first-order valence-electron chi connectivity index (χ1n) is 7.25. The van der Waals surface area contributed by atoms with Crippen LogP contribution in [0.25, 0.3) is 0 Å². The SMILES string of the molecule is CCC(=O)Nc1ccc(C(=O)NNC(=O)c2ccc(Br)cc2)cc1. The molecule has 0 aliphatic carbocycles. The minimum absolute atomic E-state index is 0.103. The van der Waals surface area contributed by atoms with E-state index in [9.17, 15) is 14.4 Å². The highest BCUT2D eigenvalue weighted by Crippen LogP contribution is 2.11. The van der Waals surface area contributed by atoms with Crippen LogP contribution in [0.4, 0.5) is 5.69 Å². The lowest BCUT2D eigenvalue weighted by Gasteiger charge is -2.08. The molecule has 124 valence electrons. The predicted molar refractivity (Wildman–Crippen MR) is 94.4 cm³/mol. The molecule has 2 aromatic carbocycles. The van der Waals surface area contributed by atoms with E-state index in [1.54, 1.807) is 55.5 Å². The molecule has 0 aromatic heterocycles. The molecule has 2 aromatic rings. The van der Waals surface area contributed by atoms with Crippen LogP contribution >= 0.6 is 15.9 Å². The number of nitrogens with one attached hydrogen (secondary N) is 3. The van der Waals surface area contributed by atoms with Gasteiger partial charge in [0.15, 0.2) is 0 Å². The van der Waals surface area contributed by atoms with Crippen molar-refractivity contribution >= 4 is 39.3 Å². The standard InChI is InChI=1S/C17H16BrN3O3/c1-2-15(22)19-14-9-5-12(6-10-14)17(24)21-20-16(23)11-3-7-13(18)8-4-11/h3-10H,2H2,1H3,(H,19,22)(H,20,23)(H,21,24). The van der Waals surface area contributed by atoms with Gasteiger partial charge in [-0.25, -0.2) is 0 Å².